The lowest BCUT2D eigenvalue weighted by Gasteiger charge is -2.35. The lowest BCUT2D eigenvalue weighted by molar-refractivity contribution is -0.116. The van der Waals surface area contributed by atoms with Gasteiger partial charge in [-0.05, 0) is 33.6 Å². The first-order valence-corrected chi connectivity index (χ1v) is 8.95. The van der Waals surface area contributed by atoms with Crippen LogP contribution in [-0.2, 0) is 9.53 Å². The maximum atomic E-state index is 12.2. The molecule has 0 bridgehead atoms. The number of carbonyl (C=O) groups excluding carboxylic acids is 2. The monoisotopic (exact) mass is 336 g/mol. The molecule has 5 heteroatoms. The molecule has 2 rings (SSSR count). The molecule has 5 nitrogen and oxygen atoms in total. The first-order valence-electron chi connectivity index (χ1n) is 8.95. The third kappa shape index (κ3) is 6.87. The minimum Gasteiger partial charge on any atom is -0.444 e. The summed E-state index contributed by atoms with van der Waals surface area (Å²) < 4.78 is 5.37. The van der Waals surface area contributed by atoms with Crippen LogP contribution in [0.1, 0.15) is 47.5 Å². The van der Waals surface area contributed by atoms with Crippen molar-refractivity contribution in [1.29, 1.82) is 0 Å². The Morgan fingerprint density at radius 1 is 1.08 bits per heavy atom. The number of piperazine rings is 1. The Balaban J connectivity index is 0.00000139. The second kappa shape index (κ2) is 9.62. The van der Waals surface area contributed by atoms with Crippen LogP contribution in [0.2, 0.25) is 0 Å². The van der Waals surface area contributed by atoms with E-state index in [9.17, 15) is 9.59 Å². The molecule has 24 heavy (non-hydrogen) atoms. The quantitative estimate of drug-likeness (QED) is 0.792. The Morgan fingerprint density at radius 2 is 1.71 bits per heavy atom. The summed E-state index contributed by atoms with van der Waals surface area (Å²) in [7, 11) is 0. The minimum atomic E-state index is -0.468. The molecule has 136 valence electrons. The average molecular weight is 336 g/mol. The van der Waals surface area contributed by atoms with E-state index in [-0.39, 0.29) is 11.9 Å². The SMILES string of the molecule is CC.CC(C)(C)OC(=O)N1CCN(CC(=O)C2=CCCC=C2)CC1. The maximum Gasteiger partial charge on any atom is 0.410 e. The van der Waals surface area contributed by atoms with Crippen LogP contribution in [0.5, 0.6) is 0 Å². The molecule has 0 saturated carbocycles. The molecule has 0 spiro atoms. The fourth-order valence-corrected chi connectivity index (χ4v) is 2.53. The van der Waals surface area contributed by atoms with Gasteiger partial charge in [0.2, 0.25) is 0 Å². The zero-order valence-electron chi connectivity index (χ0n) is 15.8. The van der Waals surface area contributed by atoms with Crippen molar-refractivity contribution in [1.82, 2.24) is 9.80 Å². The number of ether oxygens (including phenoxy) is 1. The van der Waals surface area contributed by atoms with E-state index < -0.39 is 5.60 Å². The highest BCUT2D eigenvalue weighted by atomic mass is 16.6. The first-order chi connectivity index (χ1) is 11.3. The molecule has 0 radical (unpaired) electrons. The number of nitrogens with zero attached hydrogens (tertiary/aromatic N) is 2. The highest BCUT2D eigenvalue weighted by Crippen LogP contribution is 2.14. The van der Waals surface area contributed by atoms with Crippen molar-refractivity contribution in [2.45, 2.75) is 53.1 Å². The fraction of sp³-hybridized carbons (Fsp3) is 0.684. The summed E-state index contributed by atoms with van der Waals surface area (Å²) in [5, 5.41) is 0. The molecule has 0 unspecified atom stereocenters. The molecule has 1 amide bonds. The largest absolute Gasteiger partial charge is 0.444 e. The second-order valence-corrected chi connectivity index (χ2v) is 6.81. The van der Waals surface area contributed by atoms with Gasteiger partial charge in [-0.1, -0.05) is 32.1 Å². The zero-order valence-corrected chi connectivity index (χ0v) is 15.8. The van der Waals surface area contributed by atoms with Crippen molar-refractivity contribution in [3.63, 3.8) is 0 Å². The first kappa shape index (κ1) is 20.4. The summed E-state index contributed by atoms with van der Waals surface area (Å²) in [6.45, 7) is 12.7. The molecule has 1 saturated heterocycles. The van der Waals surface area contributed by atoms with Gasteiger partial charge in [0.1, 0.15) is 5.60 Å². The molecule has 0 aromatic rings. The number of amides is 1. The molecule has 1 fully saturated rings. The van der Waals surface area contributed by atoms with E-state index in [2.05, 4.69) is 4.90 Å². The van der Waals surface area contributed by atoms with Crippen LogP contribution in [0.3, 0.4) is 0 Å². The summed E-state index contributed by atoms with van der Waals surface area (Å²) in [6, 6.07) is 0. The lowest BCUT2D eigenvalue weighted by atomic mass is 10.0. The summed E-state index contributed by atoms with van der Waals surface area (Å²) in [6.07, 6.45) is 7.68. The molecule has 1 aliphatic heterocycles. The molecular formula is C19H32N2O3. The molecule has 1 aliphatic carbocycles. The van der Waals surface area contributed by atoms with E-state index in [4.69, 9.17) is 4.74 Å². The van der Waals surface area contributed by atoms with Crippen molar-refractivity contribution in [2.75, 3.05) is 32.7 Å². The zero-order chi connectivity index (χ0) is 18.2. The third-order valence-electron chi connectivity index (χ3n) is 3.71. The van der Waals surface area contributed by atoms with Gasteiger partial charge in [-0.3, -0.25) is 9.69 Å². The van der Waals surface area contributed by atoms with E-state index >= 15 is 0 Å². The Hall–Kier alpha value is -1.62. The summed E-state index contributed by atoms with van der Waals surface area (Å²) in [5.74, 6) is 0.168. The highest BCUT2D eigenvalue weighted by molar-refractivity contribution is 5.99. The van der Waals surface area contributed by atoms with E-state index in [1.165, 1.54) is 0 Å². The Kier molecular flexibility index (Phi) is 8.19. The van der Waals surface area contributed by atoms with Crippen molar-refractivity contribution in [3.8, 4) is 0 Å². The van der Waals surface area contributed by atoms with Gasteiger partial charge in [0.15, 0.2) is 5.78 Å². The number of carbonyl (C=O) groups is 2. The Morgan fingerprint density at radius 3 is 2.21 bits per heavy atom. The topological polar surface area (TPSA) is 49.9 Å². The van der Waals surface area contributed by atoms with Gasteiger partial charge >= 0.3 is 6.09 Å². The van der Waals surface area contributed by atoms with Crippen LogP contribution in [-0.4, -0.2) is 60.0 Å². The van der Waals surface area contributed by atoms with E-state index in [0.29, 0.717) is 32.7 Å². The number of hydrogen-bond acceptors (Lipinski definition) is 4. The van der Waals surface area contributed by atoms with Crippen LogP contribution in [0.25, 0.3) is 0 Å². The van der Waals surface area contributed by atoms with Crippen LogP contribution in [0.4, 0.5) is 4.79 Å². The van der Waals surface area contributed by atoms with Crippen molar-refractivity contribution < 1.29 is 14.3 Å². The standard InChI is InChI=1S/C17H26N2O3.C2H6/c1-17(2,3)22-16(21)19-11-9-18(10-12-19)13-15(20)14-7-5-4-6-8-14;1-2/h5,7-8H,4,6,9-13H2,1-3H3;1-2H3. The maximum absolute atomic E-state index is 12.2. The lowest BCUT2D eigenvalue weighted by Crippen LogP contribution is -2.51. The number of allylic oxidation sites excluding steroid dienone is 3. The van der Waals surface area contributed by atoms with Crippen molar-refractivity contribution in [2.24, 2.45) is 0 Å². The Labute approximate surface area is 146 Å². The molecule has 1 heterocycles. The minimum absolute atomic E-state index is 0.168. The number of ketones is 1. The number of Topliss-reactive ketones (excluding diaryl/α,β-unsaturated/α-hetero) is 1. The average Bonchev–Trinajstić information content (AvgIpc) is 2.56. The molecular weight excluding hydrogens is 304 g/mol. The normalized spacial score (nSPS) is 18.4. The molecule has 0 aromatic carbocycles. The van der Waals surface area contributed by atoms with Gasteiger partial charge in [-0.25, -0.2) is 4.79 Å². The third-order valence-corrected chi connectivity index (χ3v) is 3.71. The highest BCUT2D eigenvalue weighted by Gasteiger charge is 2.26. The molecule has 0 aromatic heterocycles. The second-order valence-electron chi connectivity index (χ2n) is 6.81. The molecule has 2 aliphatic rings. The van der Waals surface area contributed by atoms with E-state index in [0.717, 1.165) is 18.4 Å². The van der Waals surface area contributed by atoms with Crippen LogP contribution in [0.15, 0.2) is 23.8 Å². The van der Waals surface area contributed by atoms with Gasteiger partial charge < -0.3 is 9.64 Å². The number of hydrogen-bond donors (Lipinski definition) is 0. The van der Waals surface area contributed by atoms with Gasteiger partial charge in [0.25, 0.3) is 0 Å². The van der Waals surface area contributed by atoms with Crippen LogP contribution < -0.4 is 0 Å². The van der Waals surface area contributed by atoms with Crippen LogP contribution in [0, 0.1) is 0 Å². The molecule has 0 N–H and O–H groups in total. The number of rotatable bonds is 3. The fourth-order valence-electron chi connectivity index (χ4n) is 2.53. The van der Waals surface area contributed by atoms with Gasteiger partial charge in [0.05, 0.1) is 6.54 Å². The van der Waals surface area contributed by atoms with Gasteiger partial charge in [-0.15, -0.1) is 0 Å². The van der Waals surface area contributed by atoms with Gasteiger partial charge in [-0.2, -0.15) is 0 Å². The molecule has 0 atom stereocenters. The van der Waals surface area contributed by atoms with Crippen LogP contribution >= 0.6 is 0 Å². The predicted octanol–water partition coefficient (Wildman–Crippen LogP) is 3.41. The van der Waals surface area contributed by atoms with E-state index in [1.54, 1.807) is 4.90 Å². The predicted molar refractivity (Wildman–Crippen MR) is 97.1 cm³/mol. The Bertz CT molecular complexity index is 481. The van der Waals surface area contributed by atoms with Crippen molar-refractivity contribution in [3.05, 3.63) is 23.8 Å². The summed E-state index contributed by atoms with van der Waals surface area (Å²) in [5.41, 5.74) is 0.352. The van der Waals surface area contributed by atoms with Crippen molar-refractivity contribution >= 4 is 11.9 Å². The summed E-state index contributed by atoms with van der Waals surface area (Å²) in [4.78, 5) is 28.0. The summed E-state index contributed by atoms with van der Waals surface area (Å²) >= 11 is 0. The van der Waals surface area contributed by atoms with Gasteiger partial charge in [0, 0.05) is 31.8 Å². The van der Waals surface area contributed by atoms with E-state index in [1.807, 2.05) is 52.8 Å². The smallest absolute Gasteiger partial charge is 0.410 e.